The Morgan fingerprint density at radius 1 is 1.11 bits per heavy atom. The number of nitriles is 1. The first kappa shape index (κ1) is 13.0. The van der Waals surface area contributed by atoms with Crippen molar-refractivity contribution in [3.63, 3.8) is 0 Å². The highest BCUT2D eigenvalue weighted by atomic mass is 19.4. The lowest BCUT2D eigenvalue weighted by Crippen LogP contribution is -2.05. The smallest absolute Gasteiger partial charge is 0.246 e. The van der Waals surface area contributed by atoms with Crippen LogP contribution in [-0.2, 0) is 6.18 Å². The molecule has 1 heterocycles. The molecule has 0 spiro atoms. The average molecular weight is 266 g/mol. The maximum Gasteiger partial charge on any atom is 0.416 e. The van der Waals surface area contributed by atoms with E-state index >= 15 is 0 Å². The molecular formula is C13H6F4N2. The zero-order valence-corrected chi connectivity index (χ0v) is 9.37. The Labute approximate surface area is 105 Å². The van der Waals surface area contributed by atoms with E-state index in [1.807, 2.05) is 0 Å². The van der Waals surface area contributed by atoms with Crippen LogP contribution in [0.15, 0.2) is 36.5 Å². The quantitative estimate of drug-likeness (QED) is 0.736. The summed E-state index contributed by atoms with van der Waals surface area (Å²) in [6.07, 6.45) is -3.29. The molecule has 2 aromatic rings. The normalized spacial score (nSPS) is 11.1. The number of nitrogens with zero attached hydrogens (tertiary/aromatic N) is 2. The van der Waals surface area contributed by atoms with Crippen molar-refractivity contribution in [2.24, 2.45) is 0 Å². The van der Waals surface area contributed by atoms with Crippen molar-refractivity contribution in [1.82, 2.24) is 4.98 Å². The minimum absolute atomic E-state index is 0.00750. The fraction of sp³-hybridized carbons (Fsp3) is 0.0769. The van der Waals surface area contributed by atoms with Gasteiger partial charge in [0.15, 0.2) is 0 Å². The Morgan fingerprint density at radius 2 is 1.84 bits per heavy atom. The van der Waals surface area contributed by atoms with Gasteiger partial charge < -0.3 is 0 Å². The SMILES string of the molecule is N#Cc1cc(-c2ccc(C(F)(F)F)cc2F)ccn1. The Morgan fingerprint density at radius 3 is 2.42 bits per heavy atom. The molecule has 2 rings (SSSR count). The summed E-state index contributed by atoms with van der Waals surface area (Å²) in [5.41, 5.74) is -0.690. The van der Waals surface area contributed by atoms with Gasteiger partial charge in [-0.05, 0) is 29.8 Å². The summed E-state index contributed by atoms with van der Waals surface area (Å²) in [5.74, 6) is -0.995. The van der Waals surface area contributed by atoms with Crippen LogP contribution in [-0.4, -0.2) is 4.98 Å². The van der Waals surface area contributed by atoms with Crippen LogP contribution in [0.25, 0.3) is 11.1 Å². The number of pyridine rings is 1. The molecular weight excluding hydrogens is 260 g/mol. The second-order valence-electron chi connectivity index (χ2n) is 3.73. The van der Waals surface area contributed by atoms with E-state index < -0.39 is 17.6 Å². The lowest BCUT2D eigenvalue weighted by Gasteiger charge is -2.09. The summed E-state index contributed by atoms with van der Waals surface area (Å²) in [4.78, 5) is 3.71. The second-order valence-corrected chi connectivity index (χ2v) is 3.73. The van der Waals surface area contributed by atoms with E-state index in [-0.39, 0.29) is 11.3 Å². The summed E-state index contributed by atoms with van der Waals surface area (Å²) in [7, 11) is 0. The van der Waals surface area contributed by atoms with Crippen LogP contribution in [0.3, 0.4) is 0 Å². The van der Waals surface area contributed by atoms with E-state index in [0.29, 0.717) is 11.6 Å². The third kappa shape index (κ3) is 2.71. The van der Waals surface area contributed by atoms with E-state index in [1.165, 1.54) is 18.3 Å². The number of hydrogen-bond acceptors (Lipinski definition) is 2. The van der Waals surface area contributed by atoms with Gasteiger partial charge in [0.25, 0.3) is 0 Å². The van der Waals surface area contributed by atoms with Crippen molar-refractivity contribution in [2.45, 2.75) is 6.18 Å². The summed E-state index contributed by atoms with van der Waals surface area (Å²) in [5, 5.41) is 8.67. The van der Waals surface area contributed by atoms with Crippen molar-refractivity contribution in [3.05, 3.63) is 53.6 Å². The van der Waals surface area contributed by atoms with E-state index in [9.17, 15) is 17.6 Å². The van der Waals surface area contributed by atoms with Gasteiger partial charge in [0.2, 0.25) is 0 Å². The van der Waals surface area contributed by atoms with E-state index in [2.05, 4.69) is 4.98 Å². The third-order valence-corrected chi connectivity index (χ3v) is 2.48. The van der Waals surface area contributed by atoms with E-state index in [4.69, 9.17) is 5.26 Å². The van der Waals surface area contributed by atoms with Gasteiger partial charge in [-0.3, -0.25) is 0 Å². The summed E-state index contributed by atoms with van der Waals surface area (Å²) in [6.45, 7) is 0. The maximum absolute atomic E-state index is 13.7. The molecule has 0 atom stereocenters. The van der Waals surface area contributed by atoms with Crippen LogP contribution >= 0.6 is 0 Å². The zero-order chi connectivity index (χ0) is 14.0. The summed E-state index contributed by atoms with van der Waals surface area (Å²) >= 11 is 0. The van der Waals surface area contributed by atoms with Crippen molar-refractivity contribution >= 4 is 0 Å². The average Bonchev–Trinajstić information content (AvgIpc) is 2.37. The largest absolute Gasteiger partial charge is 0.416 e. The Balaban J connectivity index is 2.50. The molecule has 19 heavy (non-hydrogen) atoms. The van der Waals surface area contributed by atoms with E-state index in [0.717, 1.165) is 12.1 Å². The second kappa shape index (κ2) is 4.69. The van der Waals surface area contributed by atoms with Crippen molar-refractivity contribution in [3.8, 4) is 17.2 Å². The molecule has 0 aliphatic heterocycles. The number of alkyl halides is 3. The predicted octanol–water partition coefficient (Wildman–Crippen LogP) is 3.78. The van der Waals surface area contributed by atoms with Crippen LogP contribution in [0, 0.1) is 17.1 Å². The lowest BCUT2D eigenvalue weighted by molar-refractivity contribution is -0.137. The molecule has 0 saturated carbocycles. The van der Waals surface area contributed by atoms with Gasteiger partial charge in [0, 0.05) is 11.8 Å². The number of halogens is 4. The van der Waals surface area contributed by atoms with E-state index in [1.54, 1.807) is 6.07 Å². The standard InChI is InChI=1S/C13H6F4N2/c14-12-6-9(13(15,16)17)1-2-11(12)8-3-4-19-10(5-8)7-18/h1-6H. The molecule has 96 valence electrons. The lowest BCUT2D eigenvalue weighted by atomic mass is 10.0. The summed E-state index contributed by atoms with van der Waals surface area (Å²) < 4.78 is 50.9. The first-order chi connectivity index (χ1) is 8.91. The number of benzene rings is 1. The van der Waals surface area contributed by atoms with Gasteiger partial charge in [-0.25, -0.2) is 9.37 Å². The Kier molecular flexibility index (Phi) is 3.21. The molecule has 0 bridgehead atoms. The fourth-order valence-corrected chi connectivity index (χ4v) is 1.58. The molecule has 0 fully saturated rings. The monoisotopic (exact) mass is 266 g/mol. The van der Waals surface area contributed by atoms with Gasteiger partial charge in [0.1, 0.15) is 17.6 Å². The molecule has 0 unspecified atom stereocenters. The van der Waals surface area contributed by atoms with Gasteiger partial charge in [-0.1, -0.05) is 6.07 Å². The molecule has 1 aromatic heterocycles. The molecule has 0 N–H and O–H groups in total. The van der Waals surface area contributed by atoms with Crippen LogP contribution in [0.2, 0.25) is 0 Å². The molecule has 0 aliphatic rings. The van der Waals surface area contributed by atoms with Gasteiger partial charge >= 0.3 is 6.18 Å². The Bertz CT molecular complexity index is 656. The van der Waals surface area contributed by atoms with Crippen molar-refractivity contribution < 1.29 is 17.6 Å². The number of hydrogen-bond donors (Lipinski definition) is 0. The van der Waals surface area contributed by atoms with Gasteiger partial charge in [0.05, 0.1) is 5.56 Å². The van der Waals surface area contributed by atoms with Crippen molar-refractivity contribution in [2.75, 3.05) is 0 Å². The minimum atomic E-state index is -4.59. The zero-order valence-electron chi connectivity index (χ0n) is 9.37. The highest BCUT2D eigenvalue weighted by molar-refractivity contribution is 5.65. The first-order valence-electron chi connectivity index (χ1n) is 5.15. The van der Waals surface area contributed by atoms with Crippen LogP contribution < -0.4 is 0 Å². The maximum atomic E-state index is 13.7. The molecule has 0 aliphatic carbocycles. The van der Waals surface area contributed by atoms with Crippen LogP contribution in [0.1, 0.15) is 11.3 Å². The highest BCUT2D eigenvalue weighted by Gasteiger charge is 2.31. The van der Waals surface area contributed by atoms with Crippen molar-refractivity contribution in [1.29, 1.82) is 5.26 Å². The third-order valence-electron chi connectivity index (χ3n) is 2.48. The number of rotatable bonds is 1. The first-order valence-corrected chi connectivity index (χ1v) is 5.15. The Hall–Kier alpha value is -2.42. The fourth-order valence-electron chi connectivity index (χ4n) is 1.58. The summed E-state index contributed by atoms with van der Waals surface area (Å²) in [6, 6.07) is 6.78. The van der Waals surface area contributed by atoms with Gasteiger partial charge in [-0.15, -0.1) is 0 Å². The molecule has 2 nitrogen and oxygen atoms in total. The molecule has 0 amide bonds. The minimum Gasteiger partial charge on any atom is -0.246 e. The molecule has 1 aromatic carbocycles. The molecule has 0 radical (unpaired) electrons. The predicted molar refractivity (Wildman–Crippen MR) is 59.3 cm³/mol. The van der Waals surface area contributed by atoms with Crippen LogP contribution in [0.5, 0.6) is 0 Å². The van der Waals surface area contributed by atoms with Gasteiger partial charge in [-0.2, -0.15) is 18.4 Å². The number of aromatic nitrogens is 1. The highest BCUT2D eigenvalue weighted by Crippen LogP contribution is 2.32. The molecule has 0 saturated heterocycles. The molecule has 6 heteroatoms. The van der Waals surface area contributed by atoms with Crippen LogP contribution in [0.4, 0.5) is 17.6 Å². The topological polar surface area (TPSA) is 36.7 Å².